The van der Waals surface area contributed by atoms with Crippen molar-refractivity contribution >= 4 is 17.8 Å². The molecule has 2 N–H and O–H groups in total. The molecule has 1 heterocycles. The van der Waals surface area contributed by atoms with Gasteiger partial charge in [0.25, 0.3) is 0 Å². The quantitative estimate of drug-likeness (QED) is 0.875. The Morgan fingerprint density at radius 1 is 1.38 bits per heavy atom. The van der Waals surface area contributed by atoms with Gasteiger partial charge in [0.1, 0.15) is 0 Å². The number of nitrogens with one attached hydrogen (secondary N) is 2. The lowest BCUT2D eigenvalue weighted by atomic mass is 9.95. The zero-order chi connectivity index (χ0) is 15.1. The lowest BCUT2D eigenvalue weighted by molar-refractivity contribution is 0.230. The van der Waals surface area contributed by atoms with Crippen LogP contribution in [-0.2, 0) is 0 Å². The number of rotatable bonds is 5. The van der Waals surface area contributed by atoms with Crippen molar-refractivity contribution in [2.45, 2.75) is 56.9 Å². The summed E-state index contributed by atoms with van der Waals surface area (Å²) in [5.41, 5.74) is 1.07. The summed E-state index contributed by atoms with van der Waals surface area (Å²) >= 11 is 1.97. The first-order valence-electron chi connectivity index (χ1n) is 7.79. The predicted octanol–water partition coefficient (Wildman–Crippen LogP) is 3.51. The van der Waals surface area contributed by atoms with Gasteiger partial charge in [-0.15, -0.1) is 0 Å². The van der Waals surface area contributed by atoms with Crippen LogP contribution in [0.1, 0.15) is 51.1 Å². The van der Waals surface area contributed by atoms with Gasteiger partial charge in [0.2, 0.25) is 0 Å². The van der Waals surface area contributed by atoms with Crippen LogP contribution in [0.5, 0.6) is 0 Å². The van der Waals surface area contributed by atoms with Gasteiger partial charge >= 0.3 is 6.03 Å². The van der Waals surface area contributed by atoms with Crippen molar-refractivity contribution in [3.63, 3.8) is 0 Å². The minimum atomic E-state index is -0.0621. The highest BCUT2D eigenvalue weighted by Gasteiger charge is 2.26. The van der Waals surface area contributed by atoms with Gasteiger partial charge in [-0.05, 0) is 43.2 Å². The molecule has 0 saturated heterocycles. The Morgan fingerprint density at radius 2 is 2.10 bits per heavy atom. The maximum Gasteiger partial charge on any atom is 0.315 e. The molecule has 0 spiro atoms. The van der Waals surface area contributed by atoms with Crippen LogP contribution in [0, 0.1) is 0 Å². The van der Waals surface area contributed by atoms with Crippen LogP contribution in [0.15, 0.2) is 24.5 Å². The van der Waals surface area contributed by atoms with Crippen LogP contribution < -0.4 is 10.6 Å². The van der Waals surface area contributed by atoms with Gasteiger partial charge in [0.05, 0.1) is 6.04 Å². The number of aromatic nitrogens is 1. The molecule has 4 nitrogen and oxygen atoms in total. The summed E-state index contributed by atoms with van der Waals surface area (Å²) < 4.78 is 0. The first kappa shape index (κ1) is 16.1. The van der Waals surface area contributed by atoms with E-state index in [1.54, 1.807) is 12.4 Å². The van der Waals surface area contributed by atoms with Crippen LogP contribution in [0.25, 0.3) is 0 Å². The molecule has 3 atom stereocenters. The van der Waals surface area contributed by atoms with Crippen LogP contribution >= 0.6 is 11.8 Å². The standard InChI is InChI=1S/C16H25N3OS/c1-3-21-15-7-5-4-6-14(15)19-16(20)18-12(2)13-8-10-17-11-9-13/h8-12,14-15H,3-7H2,1-2H3,(H2,18,19,20)/t12-,14+,15-/m1/s1. The van der Waals surface area contributed by atoms with E-state index in [1.165, 1.54) is 19.3 Å². The molecule has 0 unspecified atom stereocenters. The summed E-state index contributed by atoms with van der Waals surface area (Å²) in [5, 5.41) is 6.75. The molecule has 1 saturated carbocycles. The van der Waals surface area contributed by atoms with E-state index in [0.29, 0.717) is 11.3 Å². The van der Waals surface area contributed by atoms with Crippen molar-refractivity contribution < 1.29 is 4.79 Å². The molecule has 1 aliphatic rings. The third-order valence-electron chi connectivity index (χ3n) is 3.95. The van der Waals surface area contributed by atoms with Crippen molar-refractivity contribution in [1.29, 1.82) is 0 Å². The maximum atomic E-state index is 12.2. The van der Waals surface area contributed by atoms with Gasteiger partial charge < -0.3 is 10.6 Å². The third-order valence-corrected chi connectivity index (χ3v) is 5.28. The van der Waals surface area contributed by atoms with Crippen LogP contribution in [0.3, 0.4) is 0 Å². The van der Waals surface area contributed by atoms with E-state index in [-0.39, 0.29) is 12.1 Å². The van der Waals surface area contributed by atoms with E-state index in [4.69, 9.17) is 0 Å². The van der Waals surface area contributed by atoms with Crippen molar-refractivity contribution in [1.82, 2.24) is 15.6 Å². The van der Waals surface area contributed by atoms with Gasteiger partial charge in [-0.3, -0.25) is 4.98 Å². The molecule has 0 radical (unpaired) electrons. The molecule has 0 bridgehead atoms. The molecule has 1 fully saturated rings. The molecular weight excluding hydrogens is 282 g/mol. The average Bonchev–Trinajstić information content (AvgIpc) is 2.50. The zero-order valence-corrected chi connectivity index (χ0v) is 13.7. The monoisotopic (exact) mass is 307 g/mol. The molecule has 21 heavy (non-hydrogen) atoms. The Hall–Kier alpha value is -1.23. The summed E-state index contributed by atoms with van der Waals surface area (Å²) in [4.78, 5) is 16.2. The van der Waals surface area contributed by atoms with E-state index >= 15 is 0 Å². The fourth-order valence-electron chi connectivity index (χ4n) is 2.82. The van der Waals surface area contributed by atoms with Gasteiger partial charge in [-0.2, -0.15) is 11.8 Å². The number of thioether (sulfide) groups is 1. The number of hydrogen-bond donors (Lipinski definition) is 2. The Bertz CT molecular complexity index is 438. The first-order chi connectivity index (χ1) is 10.2. The van der Waals surface area contributed by atoms with Gasteiger partial charge in [0, 0.05) is 23.7 Å². The first-order valence-corrected chi connectivity index (χ1v) is 8.84. The Kier molecular flexibility index (Phi) is 6.36. The number of urea groups is 1. The second kappa shape index (κ2) is 8.27. The van der Waals surface area contributed by atoms with Crippen LogP contribution in [0.4, 0.5) is 4.79 Å². The minimum absolute atomic E-state index is 0.00568. The highest BCUT2D eigenvalue weighted by atomic mass is 32.2. The van der Waals surface area contributed by atoms with Gasteiger partial charge in [-0.1, -0.05) is 19.8 Å². The summed E-state index contributed by atoms with van der Waals surface area (Å²) in [5.74, 6) is 1.11. The molecule has 1 aromatic heterocycles. The second-order valence-corrected chi connectivity index (χ2v) is 7.02. The molecule has 0 aromatic carbocycles. The largest absolute Gasteiger partial charge is 0.334 e. The second-order valence-electron chi connectivity index (χ2n) is 5.50. The summed E-state index contributed by atoms with van der Waals surface area (Å²) in [6.45, 7) is 4.18. The molecule has 116 valence electrons. The van der Waals surface area contributed by atoms with E-state index < -0.39 is 0 Å². The average molecular weight is 307 g/mol. The van der Waals surface area contributed by atoms with E-state index in [0.717, 1.165) is 17.7 Å². The molecule has 5 heteroatoms. The van der Waals surface area contributed by atoms with Crippen molar-refractivity contribution in [3.8, 4) is 0 Å². The van der Waals surface area contributed by atoms with E-state index in [2.05, 4.69) is 22.5 Å². The topological polar surface area (TPSA) is 54.0 Å². The predicted molar refractivity (Wildman–Crippen MR) is 88.5 cm³/mol. The van der Waals surface area contributed by atoms with E-state index in [1.807, 2.05) is 30.8 Å². The highest BCUT2D eigenvalue weighted by Crippen LogP contribution is 2.28. The van der Waals surface area contributed by atoms with Crippen molar-refractivity contribution in [2.75, 3.05) is 5.75 Å². The number of nitrogens with zero attached hydrogens (tertiary/aromatic N) is 1. The smallest absolute Gasteiger partial charge is 0.315 e. The molecule has 2 rings (SSSR count). The fraction of sp³-hybridized carbons (Fsp3) is 0.625. The SMILES string of the molecule is CCS[C@@H]1CCCC[C@@H]1NC(=O)N[C@H](C)c1ccncc1. The van der Waals surface area contributed by atoms with E-state index in [9.17, 15) is 4.79 Å². The number of carbonyl (C=O) groups excluding carboxylic acids is 1. The van der Waals surface area contributed by atoms with Gasteiger partial charge in [-0.25, -0.2) is 4.79 Å². The molecule has 1 aliphatic carbocycles. The van der Waals surface area contributed by atoms with Gasteiger partial charge in [0.15, 0.2) is 0 Å². The Morgan fingerprint density at radius 3 is 2.81 bits per heavy atom. The summed E-state index contributed by atoms with van der Waals surface area (Å²) in [7, 11) is 0. The highest BCUT2D eigenvalue weighted by molar-refractivity contribution is 7.99. The number of amides is 2. The van der Waals surface area contributed by atoms with Crippen molar-refractivity contribution in [3.05, 3.63) is 30.1 Å². The summed E-state index contributed by atoms with van der Waals surface area (Å²) in [6, 6.07) is 4.10. The molecule has 0 aliphatic heterocycles. The number of hydrogen-bond acceptors (Lipinski definition) is 3. The normalized spacial score (nSPS) is 23.3. The fourth-order valence-corrected chi connectivity index (χ4v) is 4.02. The zero-order valence-electron chi connectivity index (χ0n) is 12.8. The molecular formula is C16H25N3OS. The van der Waals surface area contributed by atoms with Crippen molar-refractivity contribution in [2.24, 2.45) is 0 Å². The molecule has 1 aromatic rings. The Labute approximate surface area is 131 Å². The lowest BCUT2D eigenvalue weighted by Crippen LogP contribution is -2.48. The minimum Gasteiger partial charge on any atom is -0.334 e. The number of carbonyl (C=O) groups is 1. The number of pyridine rings is 1. The summed E-state index contributed by atoms with van der Waals surface area (Å²) in [6.07, 6.45) is 8.30. The molecule has 2 amide bonds. The third kappa shape index (κ3) is 4.92. The lowest BCUT2D eigenvalue weighted by Gasteiger charge is -2.32. The van der Waals surface area contributed by atoms with Crippen LogP contribution in [-0.4, -0.2) is 28.1 Å². The maximum absolute atomic E-state index is 12.2. The Balaban J connectivity index is 1.85. The van der Waals surface area contributed by atoms with Crippen LogP contribution in [0.2, 0.25) is 0 Å².